The van der Waals surface area contributed by atoms with Gasteiger partial charge >= 0.3 is 5.00 Å². The lowest BCUT2D eigenvalue weighted by molar-refractivity contribution is -0.380. The lowest BCUT2D eigenvalue weighted by Gasteiger charge is -2.19. The first kappa shape index (κ1) is 12.5. The predicted molar refractivity (Wildman–Crippen MR) is 68.3 cm³/mol. The van der Waals surface area contributed by atoms with E-state index in [9.17, 15) is 10.1 Å². The summed E-state index contributed by atoms with van der Waals surface area (Å²) in [6, 6.07) is 4.02. The summed E-state index contributed by atoms with van der Waals surface area (Å²) in [5.41, 5.74) is 0. The number of rotatable bonds is 5. The summed E-state index contributed by atoms with van der Waals surface area (Å²) in [7, 11) is 2.15. The topological polar surface area (TPSA) is 58.4 Å². The van der Waals surface area contributed by atoms with Crippen LogP contribution in [-0.2, 0) is 6.54 Å². The summed E-state index contributed by atoms with van der Waals surface area (Å²) in [6.07, 6.45) is 2.52. The van der Waals surface area contributed by atoms with Crippen LogP contribution in [-0.4, -0.2) is 36.0 Å². The van der Waals surface area contributed by atoms with E-state index < -0.39 is 0 Å². The number of hydrogen-bond donors (Lipinski definition) is 1. The van der Waals surface area contributed by atoms with Crippen molar-refractivity contribution in [1.82, 2.24) is 10.2 Å². The Kier molecular flexibility index (Phi) is 4.09. The maximum absolute atomic E-state index is 10.5. The van der Waals surface area contributed by atoms with E-state index in [1.165, 1.54) is 30.7 Å². The van der Waals surface area contributed by atoms with Crippen LogP contribution in [0, 0.1) is 10.1 Å². The second-order valence-corrected chi connectivity index (χ2v) is 5.55. The van der Waals surface area contributed by atoms with Crippen molar-refractivity contribution in [1.29, 1.82) is 0 Å². The van der Waals surface area contributed by atoms with E-state index in [1.54, 1.807) is 6.07 Å². The molecule has 1 N–H and O–H groups in total. The Morgan fingerprint density at radius 2 is 2.47 bits per heavy atom. The summed E-state index contributed by atoms with van der Waals surface area (Å²) < 4.78 is 0. The van der Waals surface area contributed by atoms with Gasteiger partial charge in [-0.1, -0.05) is 11.3 Å². The summed E-state index contributed by atoms with van der Waals surface area (Å²) in [4.78, 5) is 13.6. The van der Waals surface area contributed by atoms with Gasteiger partial charge in [-0.3, -0.25) is 10.1 Å². The van der Waals surface area contributed by atoms with Crippen molar-refractivity contribution in [2.45, 2.75) is 25.4 Å². The zero-order chi connectivity index (χ0) is 12.3. The second-order valence-electron chi connectivity index (χ2n) is 4.40. The Morgan fingerprint density at radius 3 is 3.06 bits per heavy atom. The van der Waals surface area contributed by atoms with E-state index in [-0.39, 0.29) is 9.92 Å². The average Bonchev–Trinajstić information content (AvgIpc) is 2.89. The van der Waals surface area contributed by atoms with Crippen LogP contribution in [0.5, 0.6) is 0 Å². The van der Waals surface area contributed by atoms with Crippen LogP contribution < -0.4 is 5.32 Å². The van der Waals surface area contributed by atoms with Crippen LogP contribution in [0.4, 0.5) is 5.00 Å². The summed E-state index contributed by atoms with van der Waals surface area (Å²) >= 11 is 1.25. The van der Waals surface area contributed by atoms with Crippen molar-refractivity contribution in [3.63, 3.8) is 0 Å². The van der Waals surface area contributed by atoms with Crippen molar-refractivity contribution in [2.75, 3.05) is 20.1 Å². The molecule has 1 saturated heterocycles. The van der Waals surface area contributed by atoms with Crippen molar-refractivity contribution >= 4 is 16.3 Å². The van der Waals surface area contributed by atoms with Gasteiger partial charge in [0.15, 0.2) is 0 Å². The van der Waals surface area contributed by atoms with Crippen LogP contribution in [0.1, 0.15) is 17.7 Å². The zero-order valence-corrected chi connectivity index (χ0v) is 10.7. The van der Waals surface area contributed by atoms with Gasteiger partial charge in [-0.05, 0) is 32.5 Å². The first-order valence-electron chi connectivity index (χ1n) is 5.81. The highest BCUT2D eigenvalue weighted by Gasteiger charge is 2.20. The second kappa shape index (κ2) is 5.57. The molecule has 0 bridgehead atoms. The van der Waals surface area contributed by atoms with Crippen LogP contribution >= 0.6 is 11.3 Å². The smallest absolute Gasteiger partial charge is 0.310 e. The van der Waals surface area contributed by atoms with Gasteiger partial charge in [-0.25, -0.2) is 0 Å². The van der Waals surface area contributed by atoms with Crippen molar-refractivity contribution in [3.8, 4) is 0 Å². The zero-order valence-electron chi connectivity index (χ0n) is 9.89. The molecular formula is C11H17N3O2S. The number of nitrogens with one attached hydrogen (secondary N) is 1. The minimum Gasteiger partial charge on any atom is -0.310 e. The molecule has 1 aliphatic rings. The number of nitro groups is 1. The van der Waals surface area contributed by atoms with Gasteiger partial charge in [0.25, 0.3) is 0 Å². The molecule has 1 aromatic rings. The third kappa shape index (κ3) is 3.24. The van der Waals surface area contributed by atoms with Gasteiger partial charge in [-0.2, -0.15) is 0 Å². The monoisotopic (exact) mass is 255 g/mol. The summed E-state index contributed by atoms with van der Waals surface area (Å²) in [5.74, 6) is 0. The fraction of sp³-hybridized carbons (Fsp3) is 0.636. The lowest BCUT2D eigenvalue weighted by Crippen LogP contribution is -2.34. The minimum atomic E-state index is -0.334. The molecular weight excluding hydrogens is 238 g/mol. The van der Waals surface area contributed by atoms with Gasteiger partial charge in [-0.15, -0.1) is 0 Å². The Bertz CT molecular complexity index is 394. The Labute approximate surface area is 105 Å². The van der Waals surface area contributed by atoms with E-state index in [1.807, 2.05) is 6.07 Å². The molecule has 0 aliphatic carbocycles. The highest BCUT2D eigenvalue weighted by atomic mass is 32.1. The number of hydrogen-bond acceptors (Lipinski definition) is 5. The molecule has 1 aliphatic heterocycles. The highest BCUT2D eigenvalue weighted by molar-refractivity contribution is 7.15. The average molecular weight is 255 g/mol. The number of nitrogens with zero attached hydrogens (tertiary/aromatic N) is 2. The van der Waals surface area contributed by atoms with E-state index in [0.29, 0.717) is 6.04 Å². The van der Waals surface area contributed by atoms with Crippen molar-refractivity contribution in [3.05, 3.63) is 27.1 Å². The van der Waals surface area contributed by atoms with Crippen molar-refractivity contribution in [2.24, 2.45) is 0 Å². The summed E-state index contributed by atoms with van der Waals surface area (Å²) in [5, 5.41) is 14.1. The number of likely N-dealkylation sites (tertiary alicyclic amines) is 1. The molecule has 1 aromatic heterocycles. The molecule has 0 saturated carbocycles. The molecule has 17 heavy (non-hydrogen) atoms. The van der Waals surface area contributed by atoms with Gasteiger partial charge in [0, 0.05) is 30.1 Å². The maximum atomic E-state index is 10.5. The van der Waals surface area contributed by atoms with Crippen LogP contribution in [0.3, 0.4) is 0 Å². The van der Waals surface area contributed by atoms with Crippen molar-refractivity contribution < 1.29 is 4.92 Å². The van der Waals surface area contributed by atoms with Crippen LogP contribution in [0.15, 0.2) is 12.1 Å². The SMILES string of the molecule is CN1CCCC1CNCc1ccc([N+](=O)[O-])s1. The number of thiophene rings is 1. The molecule has 0 amide bonds. The van der Waals surface area contributed by atoms with Gasteiger partial charge in [0.05, 0.1) is 4.92 Å². The molecule has 1 atom stereocenters. The maximum Gasteiger partial charge on any atom is 0.324 e. The van der Waals surface area contributed by atoms with E-state index in [0.717, 1.165) is 18.0 Å². The molecule has 94 valence electrons. The normalized spacial score (nSPS) is 20.9. The largest absolute Gasteiger partial charge is 0.324 e. The lowest BCUT2D eigenvalue weighted by atomic mass is 10.2. The molecule has 1 unspecified atom stereocenters. The molecule has 1 fully saturated rings. The van der Waals surface area contributed by atoms with Crippen LogP contribution in [0.2, 0.25) is 0 Å². The minimum absolute atomic E-state index is 0.222. The van der Waals surface area contributed by atoms with E-state index in [4.69, 9.17) is 0 Å². The fourth-order valence-corrected chi connectivity index (χ4v) is 2.95. The Hall–Kier alpha value is -0.980. The molecule has 5 nitrogen and oxygen atoms in total. The molecule has 0 radical (unpaired) electrons. The Morgan fingerprint density at radius 1 is 1.65 bits per heavy atom. The Balaban J connectivity index is 1.76. The quantitative estimate of drug-likeness (QED) is 0.644. The van der Waals surface area contributed by atoms with Crippen LogP contribution in [0.25, 0.3) is 0 Å². The van der Waals surface area contributed by atoms with E-state index in [2.05, 4.69) is 17.3 Å². The predicted octanol–water partition coefficient (Wildman–Crippen LogP) is 1.84. The molecule has 0 spiro atoms. The van der Waals surface area contributed by atoms with Gasteiger partial charge in [0.1, 0.15) is 0 Å². The third-order valence-corrected chi connectivity index (χ3v) is 4.22. The molecule has 6 heteroatoms. The molecule has 0 aromatic carbocycles. The third-order valence-electron chi connectivity index (χ3n) is 3.18. The van der Waals surface area contributed by atoms with Gasteiger partial charge in [0.2, 0.25) is 0 Å². The first-order valence-corrected chi connectivity index (χ1v) is 6.62. The molecule has 2 rings (SSSR count). The first-order chi connectivity index (χ1) is 8.16. The standard InChI is InChI=1S/C11H17N3O2S/c1-13-6-2-3-9(13)7-12-8-10-4-5-11(17-10)14(15)16/h4-5,9,12H,2-3,6-8H2,1H3. The molecule has 2 heterocycles. The van der Waals surface area contributed by atoms with Gasteiger partial charge < -0.3 is 10.2 Å². The summed E-state index contributed by atoms with van der Waals surface area (Å²) in [6.45, 7) is 2.86. The van der Waals surface area contributed by atoms with E-state index >= 15 is 0 Å². The highest BCUT2D eigenvalue weighted by Crippen LogP contribution is 2.23. The number of likely N-dealkylation sites (N-methyl/N-ethyl adjacent to an activating group) is 1. The fourth-order valence-electron chi connectivity index (χ4n) is 2.16.